The molecule has 2 aromatic carbocycles. The maximum atomic E-state index is 13.7. The van der Waals surface area contributed by atoms with Crippen LogP contribution in [0, 0.1) is 5.82 Å². The molecule has 0 fully saturated rings. The molecule has 0 saturated carbocycles. The molecule has 1 heterocycles. The lowest BCUT2D eigenvalue weighted by molar-refractivity contribution is -0.119. The van der Waals surface area contributed by atoms with Gasteiger partial charge in [-0.3, -0.25) is 9.59 Å². The molecule has 0 aliphatic carbocycles. The number of anilines is 1. The molecular formula is C17H15FN4O2. The predicted molar refractivity (Wildman–Crippen MR) is 88.2 cm³/mol. The minimum atomic E-state index is -0.880. The van der Waals surface area contributed by atoms with Gasteiger partial charge in [-0.2, -0.15) is 4.68 Å². The molecule has 1 atom stereocenters. The lowest BCUT2D eigenvalue weighted by Crippen LogP contribution is -2.35. The first-order valence-electron chi connectivity index (χ1n) is 7.51. The SMILES string of the molecule is CCC(C(=O)Nc1ccccc1F)n1nnc2ccccc2c1=O. The van der Waals surface area contributed by atoms with Crippen molar-refractivity contribution in [3.8, 4) is 0 Å². The predicted octanol–water partition coefficient (Wildman–Crippen LogP) is 2.52. The van der Waals surface area contributed by atoms with Crippen LogP contribution in [0.25, 0.3) is 10.9 Å². The lowest BCUT2D eigenvalue weighted by Gasteiger charge is -2.16. The summed E-state index contributed by atoms with van der Waals surface area (Å²) in [5.41, 5.74) is 0.113. The van der Waals surface area contributed by atoms with Crippen LogP contribution in [0.3, 0.4) is 0 Å². The highest BCUT2D eigenvalue weighted by atomic mass is 19.1. The standard InChI is InChI=1S/C17H15FN4O2/c1-2-15(16(23)19-14-10-6-4-8-12(14)18)22-17(24)11-7-3-5-9-13(11)20-21-22/h3-10,15H,2H2,1H3,(H,19,23). The van der Waals surface area contributed by atoms with Crippen molar-refractivity contribution in [2.24, 2.45) is 0 Å². The first-order valence-corrected chi connectivity index (χ1v) is 7.51. The van der Waals surface area contributed by atoms with Crippen molar-refractivity contribution in [3.05, 3.63) is 64.7 Å². The van der Waals surface area contributed by atoms with Gasteiger partial charge >= 0.3 is 0 Å². The fourth-order valence-corrected chi connectivity index (χ4v) is 2.45. The van der Waals surface area contributed by atoms with E-state index in [1.807, 2.05) is 0 Å². The van der Waals surface area contributed by atoms with Crippen molar-refractivity contribution < 1.29 is 9.18 Å². The molecule has 3 rings (SSSR count). The number of rotatable bonds is 4. The second-order valence-electron chi connectivity index (χ2n) is 5.25. The summed E-state index contributed by atoms with van der Waals surface area (Å²) in [6.45, 7) is 1.74. The average Bonchev–Trinajstić information content (AvgIpc) is 2.60. The van der Waals surface area contributed by atoms with Crippen LogP contribution in [-0.2, 0) is 4.79 Å². The van der Waals surface area contributed by atoms with E-state index in [-0.39, 0.29) is 5.69 Å². The zero-order chi connectivity index (χ0) is 17.1. The molecule has 0 saturated heterocycles. The molecule has 1 N–H and O–H groups in total. The van der Waals surface area contributed by atoms with Gasteiger partial charge in [-0.1, -0.05) is 36.4 Å². The van der Waals surface area contributed by atoms with Gasteiger partial charge in [-0.05, 0) is 30.7 Å². The second kappa shape index (κ2) is 6.57. The molecule has 122 valence electrons. The van der Waals surface area contributed by atoms with Gasteiger partial charge in [0.2, 0.25) is 5.91 Å². The van der Waals surface area contributed by atoms with Crippen molar-refractivity contribution in [3.63, 3.8) is 0 Å². The minimum absolute atomic E-state index is 0.0581. The topological polar surface area (TPSA) is 76.9 Å². The second-order valence-corrected chi connectivity index (χ2v) is 5.25. The number of hydrogen-bond donors (Lipinski definition) is 1. The largest absolute Gasteiger partial charge is 0.322 e. The normalized spacial score (nSPS) is 12.1. The molecule has 3 aromatic rings. The molecule has 0 spiro atoms. The Hall–Kier alpha value is -3.09. The summed E-state index contributed by atoms with van der Waals surface area (Å²) in [5, 5.41) is 10.7. The smallest absolute Gasteiger partial charge is 0.278 e. The Bertz CT molecular complexity index is 954. The van der Waals surface area contributed by atoms with E-state index >= 15 is 0 Å². The summed E-state index contributed by atoms with van der Waals surface area (Å²) in [6, 6.07) is 11.7. The Morgan fingerprint density at radius 2 is 1.92 bits per heavy atom. The van der Waals surface area contributed by atoms with Gasteiger partial charge in [0.25, 0.3) is 5.56 Å². The number of carbonyl (C=O) groups is 1. The van der Waals surface area contributed by atoms with Crippen LogP contribution in [0.15, 0.2) is 53.3 Å². The maximum absolute atomic E-state index is 13.7. The number of halogens is 1. The van der Waals surface area contributed by atoms with E-state index in [0.29, 0.717) is 17.3 Å². The van der Waals surface area contributed by atoms with Crippen molar-refractivity contribution in [1.29, 1.82) is 0 Å². The Morgan fingerprint density at radius 1 is 1.21 bits per heavy atom. The zero-order valence-corrected chi connectivity index (χ0v) is 12.9. The van der Waals surface area contributed by atoms with Crippen molar-refractivity contribution in [1.82, 2.24) is 15.0 Å². The van der Waals surface area contributed by atoms with Crippen LogP contribution in [-0.4, -0.2) is 20.9 Å². The van der Waals surface area contributed by atoms with E-state index in [4.69, 9.17) is 0 Å². The molecule has 6 nitrogen and oxygen atoms in total. The van der Waals surface area contributed by atoms with Crippen molar-refractivity contribution in [2.45, 2.75) is 19.4 Å². The van der Waals surface area contributed by atoms with Crippen molar-refractivity contribution >= 4 is 22.5 Å². The summed E-state index contributed by atoms with van der Waals surface area (Å²) in [4.78, 5) is 25.0. The van der Waals surface area contributed by atoms with Gasteiger partial charge in [-0.25, -0.2) is 4.39 Å². The molecule has 0 aliphatic heterocycles. The fourth-order valence-electron chi connectivity index (χ4n) is 2.45. The first-order chi connectivity index (χ1) is 11.6. The third-order valence-electron chi connectivity index (χ3n) is 3.71. The van der Waals surface area contributed by atoms with Gasteiger partial charge < -0.3 is 5.32 Å². The summed E-state index contributed by atoms with van der Waals surface area (Å²) in [6.07, 6.45) is 0.313. The molecule has 24 heavy (non-hydrogen) atoms. The molecule has 0 aliphatic rings. The Balaban J connectivity index is 1.97. The number of amides is 1. The quantitative estimate of drug-likeness (QED) is 0.799. The van der Waals surface area contributed by atoms with E-state index in [9.17, 15) is 14.0 Å². The van der Waals surface area contributed by atoms with E-state index < -0.39 is 23.3 Å². The fraction of sp³-hybridized carbons (Fsp3) is 0.176. The molecule has 1 aromatic heterocycles. The van der Waals surface area contributed by atoms with Gasteiger partial charge in [0.05, 0.1) is 11.1 Å². The highest BCUT2D eigenvalue weighted by molar-refractivity contribution is 5.93. The third kappa shape index (κ3) is 2.88. The first kappa shape index (κ1) is 15.8. The minimum Gasteiger partial charge on any atom is -0.322 e. The average molecular weight is 326 g/mol. The molecule has 1 amide bonds. The summed E-state index contributed by atoms with van der Waals surface area (Å²) < 4.78 is 14.7. The molecule has 7 heteroatoms. The van der Waals surface area contributed by atoms with Gasteiger partial charge in [0.15, 0.2) is 0 Å². The summed E-state index contributed by atoms with van der Waals surface area (Å²) in [5.74, 6) is -1.06. The highest BCUT2D eigenvalue weighted by Crippen LogP contribution is 2.17. The number of fused-ring (bicyclic) bond motifs is 1. The van der Waals surface area contributed by atoms with Crippen LogP contribution in [0.5, 0.6) is 0 Å². The Morgan fingerprint density at radius 3 is 2.67 bits per heavy atom. The van der Waals surface area contributed by atoms with E-state index in [0.717, 1.165) is 4.68 Å². The van der Waals surface area contributed by atoms with Gasteiger partial charge in [-0.15, -0.1) is 5.10 Å². The lowest BCUT2D eigenvalue weighted by atomic mass is 10.2. The van der Waals surface area contributed by atoms with Gasteiger partial charge in [0.1, 0.15) is 17.4 Å². The number of nitrogens with one attached hydrogen (secondary N) is 1. The number of para-hydroxylation sites is 1. The number of hydrogen-bond acceptors (Lipinski definition) is 4. The number of nitrogens with zero attached hydrogens (tertiary/aromatic N) is 3. The third-order valence-corrected chi connectivity index (χ3v) is 3.71. The summed E-state index contributed by atoms with van der Waals surface area (Å²) >= 11 is 0. The van der Waals surface area contributed by atoms with E-state index in [1.165, 1.54) is 18.2 Å². The Labute approximate surface area is 136 Å². The number of aromatic nitrogens is 3. The number of benzene rings is 2. The molecular weight excluding hydrogens is 311 g/mol. The van der Waals surface area contributed by atoms with E-state index in [1.54, 1.807) is 37.3 Å². The van der Waals surface area contributed by atoms with Crippen LogP contribution in [0.2, 0.25) is 0 Å². The zero-order valence-electron chi connectivity index (χ0n) is 12.9. The maximum Gasteiger partial charge on any atom is 0.278 e. The molecule has 0 bridgehead atoms. The van der Waals surface area contributed by atoms with Gasteiger partial charge in [0, 0.05) is 0 Å². The van der Waals surface area contributed by atoms with Crippen LogP contribution >= 0.6 is 0 Å². The van der Waals surface area contributed by atoms with Crippen LogP contribution < -0.4 is 10.9 Å². The van der Waals surface area contributed by atoms with Crippen LogP contribution in [0.1, 0.15) is 19.4 Å². The molecule has 0 radical (unpaired) electrons. The Kier molecular flexibility index (Phi) is 4.33. The van der Waals surface area contributed by atoms with Crippen LogP contribution in [0.4, 0.5) is 10.1 Å². The van der Waals surface area contributed by atoms with E-state index in [2.05, 4.69) is 15.6 Å². The highest BCUT2D eigenvalue weighted by Gasteiger charge is 2.23. The molecule has 1 unspecified atom stereocenters. The summed E-state index contributed by atoms with van der Waals surface area (Å²) in [7, 11) is 0. The number of carbonyl (C=O) groups excluding carboxylic acids is 1. The van der Waals surface area contributed by atoms with Crippen molar-refractivity contribution in [2.75, 3.05) is 5.32 Å². The monoisotopic (exact) mass is 326 g/mol.